The van der Waals surface area contributed by atoms with Crippen molar-refractivity contribution in [1.29, 1.82) is 0 Å². The molecular formula is C29H28O3. The predicted octanol–water partition coefficient (Wildman–Crippen LogP) is 6.52. The Hall–Kier alpha value is -3.85. The molecule has 32 heavy (non-hydrogen) atoms. The van der Waals surface area contributed by atoms with Crippen LogP contribution in [-0.2, 0) is 16.0 Å². The molecule has 0 unspecified atom stereocenters. The maximum absolute atomic E-state index is 12.9. The van der Waals surface area contributed by atoms with Gasteiger partial charge in [0, 0.05) is 0 Å². The van der Waals surface area contributed by atoms with Crippen molar-refractivity contribution < 1.29 is 14.3 Å². The van der Waals surface area contributed by atoms with E-state index in [-0.39, 0.29) is 5.97 Å². The van der Waals surface area contributed by atoms with Crippen molar-refractivity contribution in [3.05, 3.63) is 125 Å². The van der Waals surface area contributed by atoms with E-state index in [1.807, 2.05) is 78.9 Å². The van der Waals surface area contributed by atoms with Crippen molar-refractivity contribution in [1.82, 2.24) is 0 Å². The molecule has 0 aliphatic carbocycles. The number of hydrogen-bond acceptors (Lipinski definition) is 3. The second-order valence-electron chi connectivity index (χ2n) is 7.27. The highest BCUT2D eigenvalue weighted by molar-refractivity contribution is 6.00. The van der Waals surface area contributed by atoms with Gasteiger partial charge in [-0.1, -0.05) is 85.5 Å². The van der Waals surface area contributed by atoms with Crippen LogP contribution in [0.1, 0.15) is 23.6 Å². The molecular weight excluding hydrogens is 396 g/mol. The number of allylic oxidation sites excluding steroid dienone is 1. The third-order valence-corrected chi connectivity index (χ3v) is 5.01. The first-order valence-corrected chi connectivity index (χ1v) is 10.6. The molecule has 0 N–H and O–H groups in total. The van der Waals surface area contributed by atoms with Crippen LogP contribution in [0, 0.1) is 0 Å². The SMILES string of the molecule is C=C(/C(=C/c1ccccc1)C(=O)OCC)/C(=C/c1ccc(OC)cc1)Cc1ccccc1. The molecule has 0 aliphatic heterocycles. The minimum Gasteiger partial charge on any atom is -0.497 e. The van der Waals surface area contributed by atoms with E-state index in [2.05, 4.69) is 24.8 Å². The molecule has 0 bridgehead atoms. The van der Waals surface area contributed by atoms with Gasteiger partial charge in [-0.25, -0.2) is 4.79 Å². The number of carbonyl (C=O) groups is 1. The minimum atomic E-state index is -0.380. The standard InChI is InChI=1S/C29H28O3/c1-4-32-29(30)28(21-24-13-9-6-10-14-24)22(2)26(19-23-11-7-5-8-12-23)20-25-15-17-27(31-3)18-16-25/h5-18,20-21H,2,4,19H2,1,3H3/b26-20+,28-21-. The fraction of sp³-hybridized carbons (Fsp3) is 0.138. The summed E-state index contributed by atoms with van der Waals surface area (Å²) in [5, 5.41) is 0. The molecule has 0 atom stereocenters. The van der Waals surface area contributed by atoms with Gasteiger partial charge in [0.2, 0.25) is 0 Å². The molecule has 162 valence electrons. The molecule has 0 fully saturated rings. The van der Waals surface area contributed by atoms with Crippen molar-refractivity contribution in [2.45, 2.75) is 13.3 Å². The van der Waals surface area contributed by atoms with E-state index in [0.29, 0.717) is 24.2 Å². The Kier molecular flexibility index (Phi) is 8.22. The largest absolute Gasteiger partial charge is 0.497 e. The number of carbonyl (C=O) groups excluding carboxylic acids is 1. The van der Waals surface area contributed by atoms with Crippen molar-refractivity contribution in [3.63, 3.8) is 0 Å². The maximum Gasteiger partial charge on any atom is 0.338 e. The number of rotatable bonds is 9. The molecule has 0 spiro atoms. The van der Waals surface area contributed by atoms with Gasteiger partial charge in [-0.3, -0.25) is 0 Å². The van der Waals surface area contributed by atoms with Crippen molar-refractivity contribution in [2.75, 3.05) is 13.7 Å². The summed E-state index contributed by atoms with van der Waals surface area (Å²) >= 11 is 0. The smallest absolute Gasteiger partial charge is 0.338 e. The zero-order valence-corrected chi connectivity index (χ0v) is 18.6. The highest BCUT2D eigenvalue weighted by Crippen LogP contribution is 2.27. The van der Waals surface area contributed by atoms with Crippen LogP contribution in [0.2, 0.25) is 0 Å². The van der Waals surface area contributed by atoms with E-state index >= 15 is 0 Å². The first kappa shape index (κ1) is 22.8. The summed E-state index contributed by atoms with van der Waals surface area (Å²) in [5.74, 6) is 0.414. The van der Waals surface area contributed by atoms with Crippen LogP contribution in [0.5, 0.6) is 5.75 Å². The van der Waals surface area contributed by atoms with Gasteiger partial charge in [0.25, 0.3) is 0 Å². The van der Waals surface area contributed by atoms with Crippen LogP contribution in [0.4, 0.5) is 0 Å². The summed E-state index contributed by atoms with van der Waals surface area (Å²) < 4.78 is 10.6. The molecule has 0 saturated carbocycles. The summed E-state index contributed by atoms with van der Waals surface area (Å²) in [5.41, 5.74) is 5.09. The Morgan fingerprint density at radius 3 is 2.03 bits per heavy atom. The molecule has 0 amide bonds. The van der Waals surface area contributed by atoms with E-state index in [9.17, 15) is 4.79 Å². The Morgan fingerprint density at radius 2 is 1.44 bits per heavy atom. The van der Waals surface area contributed by atoms with Gasteiger partial charge in [-0.05, 0) is 59.4 Å². The zero-order valence-electron chi connectivity index (χ0n) is 18.6. The van der Waals surface area contributed by atoms with Crippen LogP contribution >= 0.6 is 0 Å². The van der Waals surface area contributed by atoms with Gasteiger partial charge in [0.1, 0.15) is 5.75 Å². The topological polar surface area (TPSA) is 35.5 Å². The van der Waals surface area contributed by atoms with Crippen LogP contribution in [0.25, 0.3) is 12.2 Å². The van der Waals surface area contributed by atoms with E-state index in [1.54, 1.807) is 14.0 Å². The van der Waals surface area contributed by atoms with Crippen LogP contribution in [0.15, 0.2) is 108 Å². The Labute approximate surface area is 190 Å². The van der Waals surface area contributed by atoms with Crippen molar-refractivity contribution >= 4 is 18.1 Å². The fourth-order valence-electron chi connectivity index (χ4n) is 3.33. The number of methoxy groups -OCH3 is 1. The Morgan fingerprint density at radius 1 is 0.844 bits per heavy atom. The minimum absolute atomic E-state index is 0.300. The van der Waals surface area contributed by atoms with Gasteiger partial charge < -0.3 is 9.47 Å². The number of esters is 1. The average molecular weight is 425 g/mol. The number of ether oxygens (including phenoxy) is 2. The summed E-state index contributed by atoms with van der Waals surface area (Å²) in [6, 6.07) is 27.7. The molecule has 3 aromatic carbocycles. The van der Waals surface area contributed by atoms with E-state index < -0.39 is 0 Å². The van der Waals surface area contributed by atoms with E-state index in [4.69, 9.17) is 9.47 Å². The van der Waals surface area contributed by atoms with E-state index in [0.717, 1.165) is 28.0 Å². The van der Waals surface area contributed by atoms with Gasteiger partial charge >= 0.3 is 5.97 Å². The first-order chi connectivity index (χ1) is 15.6. The summed E-state index contributed by atoms with van der Waals surface area (Å²) in [7, 11) is 1.65. The molecule has 0 aromatic heterocycles. The molecule has 3 heteroatoms. The summed E-state index contributed by atoms with van der Waals surface area (Å²) in [4.78, 5) is 12.9. The lowest BCUT2D eigenvalue weighted by Crippen LogP contribution is -2.11. The van der Waals surface area contributed by atoms with Gasteiger partial charge in [-0.15, -0.1) is 0 Å². The zero-order chi connectivity index (χ0) is 22.8. The average Bonchev–Trinajstić information content (AvgIpc) is 2.83. The second-order valence-corrected chi connectivity index (χ2v) is 7.27. The first-order valence-electron chi connectivity index (χ1n) is 10.6. The molecule has 3 aromatic rings. The third kappa shape index (κ3) is 6.32. The quantitative estimate of drug-likeness (QED) is 0.223. The van der Waals surface area contributed by atoms with Crippen molar-refractivity contribution in [2.24, 2.45) is 0 Å². The molecule has 3 nitrogen and oxygen atoms in total. The second kappa shape index (κ2) is 11.5. The fourth-order valence-corrected chi connectivity index (χ4v) is 3.33. The monoisotopic (exact) mass is 424 g/mol. The number of benzene rings is 3. The third-order valence-electron chi connectivity index (χ3n) is 5.01. The lowest BCUT2D eigenvalue weighted by Gasteiger charge is -2.15. The van der Waals surface area contributed by atoms with Gasteiger partial charge in [0.15, 0.2) is 0 Å². The lowest BCUT2D eigenvalue weighted by atomic mass is 9.91. The lowest BCUT2D eigenvalue weighted by molar-refractivity contribution is -0.138. The van der Waals surface area contributed by atoms with Crippen LogP contribution < -0.4 is 4.74 Å². The normalized spacial score (nSPS) is 11.7. The van der Waals surface area contributed by atoms with Gasteiger partial charge in [-0.2, -0.15) is 0 Å². The van der Waals surface area contributed by atoms with Crippen molar-refractivity contribution in [3.8, 4) is 5.75 Å². The Balaban J connectivity index is 2.04. The highest BCUT2D eigenvalue weighted by atomic mass is 16.5. The molecule has 0 radical (unpaired) electrons. The van der Waals surface area contributed by atoms with Crippen LogP contribution in [-0.4, -0.2) is 19.7 Å². The predicted molar refractivity (Wildman–Crippen MR) is 131 cm³/mol. The van der Waals surface area contributed by atoms with Gasteiger partial charge in [0.05, 0.1) is 19.3 Å². The number of hydrogen-bond donors (Lipinski definition) is 0. The maximum atomic E-state index is 12.9. The summed E-state index contributed by atoms with van der Waals surface area (Å²) in [6.07, 6.45) is 4.54. The summed E-state index contributed by atoms with van der Waals surface area (Å²) in [6.45, 7) is 6.42. The molecule has 3 rings (SSSR count). The Bertz CT molecular complexity index is 1090. The molecule has 0 heterocycles. The van der Waals surface area contributed by atoms with Crippen LogP contribution in [0.3, 0.4) is 0 Å². The van der Waals surface area contributed by atoms with E-state index in [1.165, 1.54) is 0 Å². The highest BCUT2D eigenvalue weighted by Gasteiger charge is 2.18. The molecule has 0 aliphatic rings. The molecule has 0 saturated heterocycles.